The third-order valence-electron chi connectivity index (χ3n) is 4.39. The number of carbonyl (C=O) groups excluding carboxylic acids is 1. The summed E-state index contributed by atoms with van der Waals surface area (Å²) in [7, 11) is 0. The number of carboxylic acid groups (broad SMARTS) is 1. The van der Waals surface area contributed by atoms with E-state index < -0.39 is 17.4 Å². The number of carbonyl (C=O) groups is 2. The lowest BCUT2D eigenvalue weighted by atomic mass is 9.98. The van der Waals surface area contributed by atoms with Crippen LogP contribution in [-0.2, 0) is 16.0 Å². The van der Waals surface area contributed by atoms with E-state index >= 15 is 0 Å². The Balaban J connectivity index is 1.90. The van der Waals surface area contributed by atoms with Gasteiger partial charge in [0, 0.05) is 16.0 Å². The second-order valence-electron chi connectivity index (χ2n) is 7.18. The molecular formula is C22H18ClN3O3S. The lowest BCUT2D eigenvalue weighted by Gasteiger charge is -2.20. The predicted octanol–water partition coefficient (Wildman–Crippen LogP) is 4.52. The molecule has 30 heavy (non-hydrogen) atoms. The molecule has 0 unspecified atom stereocenters. The van der Waals surface area contributed by atoms with E-state index in [0.29, 0.717) is 21.3 Å². The summed E-state index contributed by atoms with van der Waals surface area (Å²) in [6.45, 7) is 2.85. The van der Waals surface area contributed by atoms with Crippen LogP contribution in [0.5, 0.6) is 0 Å². The molecule has 0 bridgehead atoms. The fourth-order valence-electron chi connectivity index (χ4n) is 2.82. The predicted molar refractivity (Wildman–Crippen MR) is 116 cm³/mol. The summed E-state index contributed by atoms with van der Waals surface area (Å²) < 4.78 is 0. The highest BCUT2D eigenvalue weighted by molar-refractivity contribution is 7.13. The summed E-state index contributed by atoms with van der Waals surface area (Å²) in [6.07, 6.45) is -0.0277. The molecule has 0 aliphatic heterocycles. The van der Waals surface area contributed by atoms with Crippen LogP contribution < -0.4 is 5.32 Å². The summed E-state index contributed by atoms with van der Waals surface area (Å²) in [5.41, 5.74) is 2.22. The van der Waals surface area contributed by atoms with E-state index in [1.807, 2.05) is 18.2 Å². The van der Waals surface area contributed by atoms with Gasteiger partial charge in [-0.05, 0) is 55.3 Å². The van der Waals surface area contributed by atoms with Crippen molar-refractivity contribution in [3.63, 3.8) is 0 Å². The highest BCUT2D eigenvalue weighted by Gasteiger charge is 2.29. The molecule has 0 saturated carbocycles. The van der Waals surface area contributed by atoms with Crippen molar-refractivity contribution >= 4 is 34.8 Å². The molecule has 2 aromatic carbocycles. The number of rotatable bonds is 6. The van der Waals surface area contributed by atoms with Crippen molar-refractivity contribution in [2.24, 2.45) is 0 Å². The Hall–Kier alpha value is -3.21. The Morgan fingerprint density at radius 3 is 2.70 bits per heavy atom. The molecule has 8 heteroatoms. The van der Waals surface area contributed by atoms with Gasteiger partial charge in [0.2, 0.25) is 5.91 Å². The van der Waals surface area contributed by atoms with Gasteiger partial charge in [-0.25, -0.2) is 9.78 Å². The molecule has 1 aromatic heterocycles. The summed E-state index contributed by atoms with van der Waals surface area (Å²) in [4.78, 5) is 28.0. The Kier molecular flexibility index (Phi) is 6.20. The van der Waals surface area contributed by atoms with Crippen molar-refractivity contribution in [1.29, 1.82) is 5.26 Å². The molecule has 0 radical (unpaired) electrons. The van der Waals surface area contributed by atoms with Gasteiger partial charge in [-0.1, -0.05) is 23.7 Å². The second kappa shape index (κ2) is 8.66. The number of thiazole rings is 1. The molecule has 0 fully saturated rings. The summed E-state index contributed by atoms with van der Waals surface area (Å²) in [6, 6.07) is 14.8. The minimum absolute atomic E-state index is 0.0277. The molecule has 0 aliphatic carbocycles. The zero-order chi connectivity index (χ0) is 21.9. The van der Waals surface area contributed by atoms with Crippen LogP contribution >= 0.6 is 22.9 Å². The molecule has 1 amide bonds. The Bertz CT molecular complexity index is 1160. The molecule has 6 nitrogen and oxygen atoms in total. The van der Waals surface area contributed by atoms with Crippen LogP contribution in [0.2, 0.25) is 5.02 Å². The molecule has 0 atom stereocenters. The first-order valence-corrected chi connectivity index (χ1v) is 10.2. The van der Waals surface area contributed by atoms with Crippen molar-refractivity contribution in [3.05, 3.63) is 64.1 Å². The molecule has 1 heterocycles. The van der Waals surface area contributed by atoms with E-state index in [4.69, 9.17) is 16.7 Å². The number of hydrogen-bond acceptors (Lipinski definition) is 5. The molecule has 152 valence electrons. The minimum Gasteiger partial charge on any atom is -0.480 e. The van der Waals surface area contributed by atoms with Gasteiger partial charge in [0.1, 0.15) is 10.5 Å². The number of benzene rings is 2. The Morgan fingerprint density at radius 2 is 2.00 bits per heavy atom. The number of amides is 1. The zero-order valence-corrected chi connectivity index (χ0v) is 17.8. The van der Waals surface area contributed by atoms with Crippen molar-refractivity contribution in [1.82, 2.24) is 10.3 Å². The quantitative estimate of drug-likeness (QED) is 0.587. The molecule has 0 aliphatic rings. The third kappa shape index (κ3) is 4.85. The number of carboxylic acids is 1. The van der Waals surface area contributed by atoms with E-state index in [9.17, 15) is 14.9 Å². The second-order valence-corrected chi connectivity index (χ2v) is 8.48. The fourth-order valence-corrected chi connectivity index (χ4v) is 3.85. The van der Waals surface area contributed by atoms with Crippen molar-refractivity contribution in [3.8, 4) is 27.8 Å². The van der Waals surface area contributed by atoms with Crippen LogP contribution in [0.15, 0.2) is 47.8 Å². The molecular weight excluding hydrogens is 422 g/mol. The molecule has 0 spiro atoms. The monoisotopic (exact) mass is 439 g/mol. The minimum atomic E-state index is -1.36. The van der Waals surface area contributed by atoms with Crippen LogP contribution in [0.1, 0.15) is 25.1 Å². The summed E-state index contributed by atoms with van der Waals surface area (Å²) in [5.74, 6) is -1.53. The number of halogens is 1. The molecule has 3 aromatic rings. The maximum Gasteiger partial charge on any atom is 0.328 e. The van der Waals surface area contributed by atoms with E-state index in [-0.39, 0.29) is 6.42 Å². The first-order chi connectivity index (χ1) is 14.2. The maximum atomic E-state index is 12.2. The first kappa shape index (κ1) is 21.5. The van der Waals surface area contributed by atoms with Gasteiger partial charge >= 0.3 is 5.97 Å². The highest BCUT2D eigenvalue weighted by atomic mass is 35.5. The van der Waals surface area contributed by atoms with E-state index in [2.05, 4.69) is 16.4 Å². The van der Waals surface area contributed by atoms with Crippen molar-refractivity contribution in [2.75, 3.05) is 0 Å². The van der Waals surface area contributed by atoms with Crippen LogP contribution in [0, 0.1) is 11.3 Å². The van der Waals surface area contributed by atoms with Gasteiger partial charge in [0.25, 0.3) is 0 Å². The first-order valence-electron chi connectivity index (χ1n) is 8.99. The van der Waals surface area contributed by atoms with Gasteiger partial charge in [-0.15, -0.1) is 11.3 Å². The van der Waals surface area contributed by atoms with Gasteiger partial charge in [-0.3, -0.25) is 4.79 Å². The van der Waals surface area contributed by atoms with Crippen molar-refractivity contribution in [2.45, 2.75) is 25.8 Å². The van der Waals surface area contributed by atoms with Gasteiger partial charge in [0.15, 0.2) is 0 Å². The van der Waals surface area contributed by atoms with Crippen molar-refractivity contribution < 1.29 is 14.7 Å². The van der Waals surface area contributed by atoms with Crippen LogP contribution in [0.25, 0.3) is 21.7 Å². The van der Waals surface area contributed by atoms with Crippen LogP contribution in [-0.4, -0.2) is 27.5 Å². The van der Waals surface area contributed by atoms with Crippen LogP contribution in [0.3, 0.4) is 0 Å². The maximum absolute atomic E-state index is 12.2. The lowest BCUT2D eigenvalue weighted by Crippen LogP contribution is -2.50. The number of nitriles is 1. The van der Waals surface area contributed by atoms with Crippen LogP contribution in [0.4, 0.5) is 0 Å². The van der Waals surface area contributed by atoms with Gasteiger partial charge in [0.05, 0.1) is 23.7 Å². The Morgan fingerprint density at radius 1 is 1.23 bits per heavy atom. The average molecular weight is 440 g/mol. The van der Waals surface area contributed by atoms with Gasteiger partial charge in [-0.2, -0.15) is 5.26 Å². The highest BCUT2D eigenvalue weighted by Crippen LogP contribution is 2.36. The number of nitrogens with one attached hydrogen (secondary N) is 1. The number of aromatic nitrogens is 1. The largest absolute Gasteiger partial charge is 0.480 e. The molecule has 2 N–H and O–H groups in total. The summed E-state index contributed by atoms with van der Waals surface area (Å²) >= 11 is 7.58. The van der Waals surface area contributed by atoms with E-state index in [1.165, 1.54) is 25.2 Å². The normalized spacial score (nSPS) is 11.0. The van der Waals surface area contributed by atoms with E-state index in [1.54, 1.807) is 29.6 Å². The standard InChI is InChI=1S/C22H18ClN3O3S/c1-22(2,21(28)29)26-19(27)10-16-12-30-20(25-16)17-7-6-15(23)9-18(17)14-5-3-4-13(8-14)11-24/h3-9,12H,10H2,1-2H3,(H,26,27)(H,28,29). The lowest BCUT2D eigenvalue weighted by molar-refractivity contribution is -0.145. The zero-order valence-electron chi connectivity index (χ0n) is 16.3. The van der Waals surface area contributed by atoms with E-state index in [0.717, 1.165) is 16.7 Å². The van der Waals surface area contributed by atoms with Gasteiger partial charge < -0.3 is 10.4 Å². The average Bonchev–Trinajstić information content (AvgIpc) is 3.15. The fraction of sp³-hybridized carbons (Fsp3) is 0.182. The topological polar surface area (TPSA) is 103 Å². The summed E-state index contributed by atoms with van der Waals surface area (Å²) in [5, 5.41) is 23.9. The molecule has 3 rings (SSSR count). The Labute approximate surface area is 182 Å². The molecule has 0 saturated heterocycles. The SMILES string of the molecule is CC(C)(NC(=O)Cc1csc(-c2ccc(Cl)cc2-c2cccc(C#N)c2)n1)C(=O)O. The third-order valence-corrected chi connectivity index (χ3v) is 5.55. The smallest absolute Gasteiger partial charge is 0.328 e. The number of aliphatic carboxylic acids is 1. The number of nitrogens with zero attached hydrogens (tertiary/aromatic N) is 2. The number of hydrogen-bond donors (Lipinski definition) is 2.